The Morgan fingerprint density at radius 1 is 0.800 bits per heavy atom. The van der Waals surface area contributed by atoms with Crippen LogP contribution in [0.25, 0.3) is 0 Å². The maximum atomic E-state index is 12.6. The minimum atomic E-state index is -3.85. The van der Waals surface area contributed by atoms with E-state index in [0.29, 0.717) is 10.6 Å². The van der Waals surface area contributed by atoms with E-state index < -0.39 is 83.8 Å². The maximum Gasteiger partial charge on any atom is 0.261 e. The number of nitrogen functional groups attached to an aromatic ring is 1. The van der Waals surface area contributed by atoms with E-state index in [0.717, 1.165) is 11.8 Å². The maximum absolute atomic E-state index is 12.6. The van der Waals surface area contributed by atoms with Crippen molar-refractivity contribution in [3.05, 3.63) is 48.5 Å². The molecule has 0 unspecified atom stereocenters. The number of aliphatic hydroxyl groups is 7. The first-order valence-corrected chi connectivity index (χ1v) is 14.5. The van der Waals surface area contributed by atoms with Gasteiger partial charge >= 0.3 is 0 Å². The Morgan fingerprint density at radius 3 is 2.02 bits per heavy atom. The topological polar surface area (TPSA) is 241 Å². The van der Waals surface area contributed by atoms with Gasteiger partial charge in [-0.2, -0.15) is 0 Å². The summed E-state index contributed by atoms with van der Waals surface area (Å²) in [5, 5.41) is 70.9. The first kappa shape index (κ1) is 30.9. The van der Waals surface area contributed by atoms with Crippen LogP contribution in [0.3, 0.4) is 0 Å². The molecule has 10 atom stereocenters. The van der Waals surface area contributed by atoms with Gasteiger partial charge in [-0.3, -0.25) is 4.72 Å². The van der Waals surface area contributed by atoms with Crippen LogP contribution in [-0.4, -0.2) is 118 Å². The molecule has 2 aromatic carbocycles. The second kappa shape index (κ2) is 12.8. The van der Waals surface area contributed by atoms with Crippen molar-refractivity contribution < 1.29 is 58.4 Å². The Hall–Kier alpha value is -2.06. The van der Waals surface area contributed by atoms with Crippen LogP contribution < -0.4 is 10.5 Å². The zero-order valence-electron chi connectivity index (χ0n) is 20.9. The molecule has 16 heteroatoms. The van der Waals surface area contributed by atoms with Crippen molar-refractivity contribution in [3.63, 3.8) is 0 Å². The number of nitrogens with two attached hydrogens (primary N) is 1. The van der Waals surface area contributed by atoms with Crippen LogP contribution in [0.15, 0.2) is 58.3 Å². The molecule has 0 aromatic heterocycles. The Morgan fingerprint density at radius 2 is 1.43 bits per heavy atom. The highest BCUT2D eigenvalue weighted by atomic mass is 32.2. The average Bonchev–Trinajstić information content (AvgIpc) is 2.93. The molecule has 2 aliphatic rings. The highest BCUT2D eigenvalue weighted by Gasteiger charge is 2.50. The van der Waals surface area contributed by atoms with Crippen molar-refractivity contribution >= 4 is 33.2 Å². The van der Waals surface area contributed by atoms with Crippen molar-refractivity contribution in [3.8, 4) is 0 Å². The van der Waals surface area contributed by atoms with Crippen molar-refractivity contribution in [2.45, 2.75) is 70.3 Å². The molecule has 0 bridgehead atoms. The molecular formula is C24H32N2O12S2. The van der Waals surface area contributed by atoms with Gasteiger partial charge < -0.3 is 55.7 Å². The molecule has 2 heterocycles. The smallest absolute Gasteiger partial charge is 0.261 e. The second-order valence-electron chi connectivity index (χ2n) is 9.32. The summed E-state index contributed by atoms with van der Waals surface area (Å²) in [6.45, 7) is -1.35. The normalized spacial score (nSPS) is 34.9. The fourth-order valence-electron chi connectivity index (χ4n) is 4.25. The molecular weight excluding hydrogens is 572 g/mol. The molecule has 2 aromatic rings. The summed E-state index contributed by atoms with van der Waals surface area (Å²) in [6, 6.07) is 11.8. The SMILES string of the molecule is Nc1ccc(S(=O)(=O)Nc2ccc(S[C@@H]3O[C@H](CO)[C@@H](O[C@H]4O[C@H](CO)[C@@H](O)[C@H](O)[C@H]4O)[C@H](O)[C@H]3O)cc2)cc1. The van der Waals surface area contributed by atoms with Gasteiger partial charge in [0.15, 0.2) is 6.29 Å². The van der Waals surface area contributed by atoms with Crippen LogP contribution in [-0.2, 0) is 24.2 Å². The largest absolute Gasteiger partial charge is 0.399 e. The van der Waals surface area contributed by atoms with Crippen LogP contribution >= 0.6 is 11.8 Å². The van der Waals surface area contributed by atoms with Crippen molar-refractivity contribution in [1.82, 2.24) is 0 Å². The van der Waals surface area contributed by atoms with Crippen LogP contribution in [0, 0.1) is 0 Å². The minimum absolute atomic E-state index is 0.0309. The molecule has 2 aliphatic heterocycles. The number of rotatable bonds is 9. The predicted molar refractivity (Wildman–Crippen MR) is 140 cm³/mol. The molecule has 40 heavy (non-hydrogen) atoms. The Kier molecular flexibility index (Phi) is 9.92. The van der Waals surface area contributed by atoms with Crippen molar-refractivity contribution in [2.24, 2.45) is 0 Å². The molecule has 222 valence electrons. The van der Waals surface area contributed by atoms with E-state index in [4.69, 9.17) is 19.9 Å². The van der Waals surface area contributed by atoms with E-state index in [1.54, 1.807) is 12.1 Å². The van der Waals surface area contributed by atoms with Gasteiger partial charge in [-0.25, -0.2) is 8.42 Å². The van der Waals surface area contributed by atoms with Crippen molar-refractivity contribution in [2.75, 3.05) is 23.7 Å². The number of thioether (sulfide) groups is 1. The van der Waals surface area contributed by atoms with E-state index in [1.165, 1.54) is 36.4 Å². The molecule has 0 spiro atoms. The summed E-state index contributed by atoms with van der Waals surface area (Å²) in [5.74, 6) is 0. The fourth-order valence-corrected chi connectivity index (χ4v) is 6.37. The Bertz CT molecular complexity index is 1220. The summed E-state index contributed by atoms with van der Waals surface area (Å²) in [5.41, 5.74) is 5.21. The molecule has 2 saturated heterocycles. The van der Waals surface area contributed by atoms with E-state index in [2.05, 4.69) is 4.72 Å². The van der Waals surface area contributed by atoms with E-state index >= 15 is 0 Å². The summed E-state index contributed by atoms with van der Waals surface area (Å²) in [6.07, 6.45) is -13.8. The summed E-state index contributed by atoms with van der Waals surface area (Å²) in [7, 11) is -3.85. The van der Waals surface area contributed by atoms with Gasteiger partial charge in [-0.15, -0.1) is 0 Å². The van der Waals surface area contributed by atoms with Crippen LogP contribution in [0.5, 0.6) is 0 Å². The number of sulfonamides is 1. The molecule has 10 N–H and O–H groups in total. The second-order valence-corrected chi connectivity index (χ2v) is 12.2. The van der Waals surface area contributed by atoms with E-state index in [9.17, 15) is 44.2 Å². The minimum Gasteiger partial charge on any atom is -0.399 e. The predicted octanol–water partition coefficient (Wildman–Crippen LogP) is -2.21. The lowest BCUT2D eigenvalue weighted by Gasteiger charge is -2.46. The zero-order chi connectivity index (χ0) is 29.2. The first-order valence-electron chi connectivity index (χ1n) is 12.2. The number of hydrogen-bond acceptors (Lipinski definition) is 14. The summed E-state index contributed by atoms with van der Waals surface area (Å²) >= 11 is 0.997. The Labute approximate surface area is 234 Å². The molecule has 2 fully saturated rings. The number of nitrogens with one attached hydrogen (secondary N) is 1. The highest BCUT2D eigenvalue weighted by Crippen LogP contribution is 2.36. The average molecular weight is 605 g/mol. The van der Waals surface area contributed by atoms with Crippen LogP contribution in [0.2, 0.25) is 0 Å². The van der Waals surface area contributed by atoms with Gasteiger partial charge in [0, 0.05) is 16.3 Å². The number of aliphatic hydroxyl groups excluding tert-OH is 7. The molecule has 0 aliphatic carbocycles. The highest BCUT2D eigenvalue weighted by molar-refractivity contribution is 7.99. The van der Waals surface area contributed by atoms with Gasteiger partial charge in [-0.05, 0) is 48.5 Å². The molecule has 0 amide bonds. The molecule has 0 saturated carbocycles. The lowest BCUT2D eigenvalue weighted by Crippen LogP contribution is -2.64. The molecule has 0 radical (unpaired) electrons. The Balaban J connectivity index is 1.40. The van der Waals surface area contributed by atoms with Gasteiger partial charge in [0.2, 0.25) is 0 Å². The van der Waals surface area contributed by atoms with Gasteiger partial charge in [0.1, 0.15) is 54.3 Å². The third-order valence-corrected chi connectivity index (χ3v) is 9.07. The van der Waals surface area contributed by atoms with E-state index in [1.807, 2.05) is 0 Å². The zero-order valence-corrected chi connectivity index (χ0v) is 22.5. The number of anilines is 2. The lowest BCUT2D eigenvalue weighted by molar-refractivity contribution is -0.338. The fraction of sp³-hybridized carbons (Fsp3) is 0.500. The summed E-state index contributed by atoms with van der Waals surface area (Å²) in [4.78, 5) is 0.570. The summed E-state index contributed by atoms with van der Waals surface area (Å²) < 4.78 is 44.2. The number of hydrogen-bond donors (Lipinski definition) is 9. The van der Waals surface area contributed by atoms with Crippen LogP contribution in [0.4, 0.5) is 11.4 Å². The van der Waals surface area contributed by atoms with Gasteiger partial charge in [0.05, 0.1) is 18.1 Å². The number of ether oxygens (including phenoxy) is 3. The van der Waals surface area contributed by atoms with Crippen molar-refractivity contribution in [1.29, 1.82) is 0 Å². The van der Waals surface area contributed by atoms with Crippen LogP contribution in [0.1, 0.15) is 0 Å². The van der Waals surface area contributed by atoms with Gasteiger partial charge in [-0.1, -0.05) is 11.8 Å². The number of benzene rings is 2. The quantitative estimate of drug-likeness (QED) is 0.138. The monoisotopic (exact) mass is 604 g/mol. The molecule has 14 nitrogen and oxygen atoms in total. The first-order chi connectivity index (χ1) is 18.9. The third-order valence-electron chi connectivity index (χ3n) is 6.51. The standard InChI is InChI=1S/C24H32N2O12S2/c25-11-1-7-14(8-2-11)40(34,35)26-12-3-5-13(6-4-12)39-24-21(33)19(31)22(16(10-28)37-24)38-23-20(32)18(30)17(29)15(9-27)36-23/h1-8,15-24,26-33H,9-10,25H2/t15-,16-,17-,18+,19-,20-,21-,22-,23-,24+/m1/s1. The lowest BCUT2D eigenvalue weighted by atomic mass is 9.97. The third kappa shape index (κ3) is 6.70. The molecule has 4 rings (SSSR count). The van der Waals surface area contributed by atoms with Gasteiger partial charge in [0.25, 0.3) is 10.0 Å². The van der Waals surface area contributed by atoms with E-state index in [-0.39, 0.29) is 10.6 Å².